The Hall–Kier alpha value is -0.940. The third-order valence-electron chi connectivity index (χ3n) is 1.93. The van der Waals surface area contributed by atoms with Crippen LogP contribution in [0, 0.1) is 0 Å². The summed E-state index contributed by atoms with van der Waals surface area (Å²) in [7, 11) is 3.26. The molecular weight excluding hydrogens is 212 g/mol. The number of aromatic nitrogens is 1. The number of carbonyl (C=O) groups excluding carboxylic acids is 1. The summed E-state index contributed by atoms with van der Waals surface area (Å²) >= 11 is 1.41. The number of carbonyl (C=O) groups is 1. The maximum absolute atomic E-state index is 11.5. The number of aryl methyl sites for hydroxylation is 1. The first-order valence-electron chi connectivity index (χ1n) is 4.94. The molecule has 0 atom stereocenters. The molecule has 0 bridgehead atoms. The van der Waals surface area contributed by atoms with Gasteiger partial charge in [-0.3, -0.25) is 0 Å². The highest BCUT2D eigenvalue weighted by molar-refractivity contribution is 7.13. The molecule has 0 aromatic carbocycles. The van der Waals surface area contributed by atoms with Crippen molar-refractivity contribution in [3.05, 3.63) is 15.6 Å². The van der Waals surface area contributed by atoms with Crippen molar-refractivity contribution < 1.29 is 9.53 Å². The van der Waals surface area contributed by atoms with Crippen LogP contribution in [0.1, 0.15) is 33.7 Å². The van der Waals surface area contributed by atoms with E-state index in [-0.39, 0.29) is 5.97 Å². The molecule has 0 aliphatic heterocycles. The Kier molecular flexibility index (Phi) is 4.71. The monoisotopic (exact) mass is 228 g/mol. The summed E-state index contributed by atoms with van der Waals surface area (Å²) in [5.74, 6) is -0.279. The first-order chi connectivity index (χ1) is 7.22. The maximum atomic E-state index is 11.5. The first kappa shape index (κ1) is 12.1. The van der Waals surface area contributed by atoms with Crippen molar-refractivity contribution in [1.82, 2.24) is 10.3 Å². The number of hydrogen-bond donors (Lipinski definition) is 1. The lowest BCUT2D eigenvalue weighted by Crippen LogP contribution is -2.04. The second-order valence-electron chi connectivity index (χ2n) is 3.16. The van der Waals surface area contributed by atoms with Gasteiger partial charge in [0.2, 0.25) is 0 Å². The zero-order valence-corrected chi connectivity index (χ0v) is 10.1. The van der Waals surface area contributed by atoms with Gasteiger partial charge in [0.15, 0.2) is 0 Å². The summed E-state index contributed by atoms with van der Waals surface area (Å²) in [6, 6.07) is 0. The van der Waals surface area contributed by atoms with Crippen LogP contribution in [0.25, 0.3) is 0 Å². The first-order valence-corrected chi connectivity index (χ1v) is 5.76. The van der Waals surface area contributed by atoms with E-state index in [1.54, 1.807) is 0 Å². The molecule has 0 saturated heterocycles. The number of methoxy groups -OCH3 is 1. The van der Waals surface area contributed by atoms with Crippen LogP contribution < -0.4 is 5.32 Å². The van der Waals surface area contributed by atoms with Crippen LogP contribution in [-0.2, 0) is 17.7 Å². The lowest BCUT2D eigenvalue weighted by molar-refractivity contribution is 0.0605. The summed E-state index contributed by atoms with van der Waals surface area (Å²) in [4.78, 5) is 16.5. The molecule has 5 heteroatoms. The molecular formula is C10H16N2O2S. The fourth-order valence-corrected chi connectivity index (χ4v) is 2.33. The van der Waals surface area contributed by atoms with Gasteiger partial charge in [0.1, 0.15) is 9.88 Å². The molecule has 1 heterocycles. The molecule has 4 nitrogen and oxygen atoms in total. The average molecular weight is 228 g/mol. The van der Waals surface area contributed by atoms with E-state index in [0.717, 1.165) is 23.5 Å². The molecule has 84 valence electrons. The third-order valence-corrected chi connectivity index (χ3v) is 3.00. The highest BCUT2D eigenvalue weighted by atomic mass is 32.1. The van der Waals surface area contributed by atoms with Crippen LogP contribution in [0.5, 0.6) is 0 Å². The molecule has 0 unspecified atom stereocenters. The third kappa shape index (κ3) is 3.00. The summed E-state index contributed by atoms with van der Waals surface area (Å²) in [5.41, 5.74) is 0.861. The van der Waals surface area contributed by atoms with Crippen LogP contribution in [0.2, 0.25) is 0 Å². The molecule has 0 saturated carbocycles. The minimum absolute atomic E-state index is 0.279. The van der Waals surface area contributed by atoms with Crippen molar-refractivity contribution >= 4 is 17.3 Å². The Bertz CT molecular complexity index is 336. The smallest absolute Gasteiger partial charge is 0.349 e. The summed E-state index contributed by atoms with van der Waals surface area (Å²) < 4.78 is 4.73. The van der Waals surface area contributed by atoms with Gasteiger partial charge in [0, 0.05) is 6.54 Å². The largest absolute Gasteiger partial charge is 0.465 e. The van der Waals surface area contributed by atoms with E-state index in [0.29, 0.717) is 11.4 Å². The highest BCUT2D eigenvalue weighted by Crippen LogP contribution is 2.20. The number of nitrogens with one attached hydrogen (secondary N) is 1. The van der Waals surface area contributed by atoms with Crippen molar-refractivity contribution in [2.24, 2.45) is 0 Å². The summed E-state index contributed by atoms with van der Waals surface area (Å²) in [6.07, 6.45) is 1.80. The molecule has 15 heavy (non-hydrogen) atoms. The Balaban J connectivity index is 2.94. The van der Waals surface area contributed by atoms with Crippen molar-refractivity contribution in [1.29, 1.82) is 0 Å². The number of thiazole rings is 1. The Labute approximate surface area is 93.7 Å². The summed E-state index contributed by atoms with van der Waals surface area (Å²) in [5, 5.41) is 3.95. The van der Waals surface area contributed by atoms with Crippen molar-refractivity contribution in [3.63, 3.8) is 0 Å². The standard InChI is InChI=1S/C10H16N2O2S/c1-4-5-7-9(10(13)14-3)15-8(12-7)6-11-2/h11H,4-6H2,1-3H3. The second-order valence-corrected chi connectivity index (χ2v) is 4.24. The van der Waals surface area contributed by atoms with Crippen LogP contribution in [0.3, 0.4) is 0 Å². The van der Waals surface area contributed by atoms with Crippen molar-refractivity contribution in [2.75, 3.05) is 14.2 Å². The van der Waals surface area contributed by atoms with E-state index in [2.05, 4.69) is 17.2 Å². The van der Waals surface area contributed by atoms with Crippen LogP contribution >= 0.6 is 11.3 Å². The van der Waals surface area contributed by atoms with Crippen LogP contribution in [-0.4, -0.2) is 25.1 Å². The van der Waals surface area contributed by atoms with E-state index in [1.807, 2.05) is 7.05 Å². The lowest BCUT2D eigenvalue weighted by atomic mass is 10.2. The molecule has 0 aliphatic carbocycles. The van der Waals surface area contributed by atoms with Crippen molar-refractivity contribution in [2.45, 2.75) is 26.3 Å². The predicted molar refractivity (Wildman–Crippen MR) is 60.2 cm³/mol. The zero-order chi connectivity index (χ0) is 11.3. The maximum Gasteiger partial charge on any atom is 0.349 e. The minimum Gasteiger partial charge on any atom is -0.465 e. The Morgan fingerprint density at radius 3 is 2.87 bits per heavy atom. The fourth-order valence-electron chi connectivity index (χ4n) is 1.29. The van der Waals surface area contributed by atoms with Gasteiger partial charge in [-0.05, 0) is 13.5 Å². The van der Waals surface area contributed by atoms with Gasteiger partial charge in [-0.2, -0.15) is 0 Å². The number of esters is 1. The molecule has 1 rings (SSSR count). The van der Waals surface area contributed by atoms with Crippen LogP contribution in [0.4, 0.5) is 0 Å². The molecule has 1 N–H and O–H groups in total. The van der Waals surface area contributed by atoms with E-state index in [9.17, 15) is 4.79 Å². The van der Waals surface area contributed by atoms with Gasteiger partial charge in [0.05, 0.1) is 12.8 Å². The second kappa shape index (κ2) is 5.82. The molecule has 0 spiro atoms. The molecule has 0 fully saturated rings. The van der Waals surface area contributed by atoms with E-state index >= 15 is 0 Å². The summed E-state index contributed by atoms with van der Waals surface area (Å²) in [6.45, 7) is 2.76. The van der Waals surface area contributed by atoms with E-state index in [1.165, 1.54) is 18.4 Å². The average Bonchev–Trinajstić information content (AvgIpc) is 2.61. The van der Waals surface area contributed by atoms with E-state index in [4.69, 9.17) is 4.74 Å². The lowest BCUT2D eigenvalue weighted by Gasteiger charge is -1.97. The van der Waals surface area contributed by atoms with Gasteiger partial charge in [-0.25, -0.2) is 9.78 Å². The van der Waals surface area contributed by atoms with Gasteiger partial charge >= 0.3 is 5.97 Å². The Morgan fingerprint density at radius 1 is 1.60 bits per heavy atom. The van der Waals surface area contributed by atoms with Gasteiger partial charge in [0.25, 0.3) is 0 Å². The van der Waals surface area contributed by atoms with Crippen molar-refractivity contribution in [3.8, 4) is 0 Å². The molecule has 0 amide bonds. The highest BCUT2D eigenvalue weighted by Gasteiger charge is 2.17. The Morgan fingerprint density at radius 2 is 2.33 bits per heavy atom. The topological polar surface area (TPSA) is 51.2 Å². The van der Waals surface area contributed by atoms with E-state index < -0.39 is 0 Å². The van der Waals surface area contributed by atoms with Crippen LogP contribution in [0.15, 0.2) is 0 Å². The normalized spacial score (nSPS) is 10.3. The quantitative estimate of drug-likeness (QED) is 0.778. The van der Waals surface area contributed by atoms with Gasteiger partial charge in [-0.1, -0.05) is 13.3 Å². The molecule has 0 radical (unpaired) electrons. The SMILES string of the molecule is CCCc1nc(CNC)sc1C(=O)OC. The number of rotatable bonds is 5. The minimum atomic E-state index is -0.279. The van der Waals surface area contributed by atoms with Gasteiger partial charge in [-0.15, -0.1) is 11.3 Å². The predicted octanol–water partition coefficient (Wildman–Crippen LogP) is 1.60. The zero-order valence-electron chi connectivity index (χ0n) is 9.29. The number of ether oxygens (including phenoxy) is 1. The molecule has 1 aromatic heterocycles. The number of nitrogens with zero attached hydrogens (tertiary/aromatic N) is 1. The fraction of sp³-hybridized carbons (Fsp3) is 0.600. The molecule has 1 aromatic rings. The van der Waals surface area contributed by atoms with Gasteiger partial charge < -0.3 is 10.1 Å². The number of hydrogen-bond acceptors (Lipinski definition) is 5. The molecule has 0 aliphatic rings.